The van der Waals surface area contributed by atoms with Crippen LogP contribution in [0.15, 0.2) is 0 Å². The molecule has 82 valence electrons. The van der Waals surface area contributed by atoms with Crippen molar-refractivity contribution in [1.29, 1.82) is 0 Å². The van der Waals surface area contributed by atoms with Gasteiger partial charge >= 0.3 is 5.97 Å². The highest BCUT2D eigenvalue weighted by Gasteiger charge is 2.18. The largest absolute Gasteiger partial charge is 0.468 e. The maximum absolute atomic E-state index is 11.5. The summed E-state index contributed by atoms with van der Waals surface area (Å²) in [7, 11) is 2.69. The average molecular weight is 213 g/mol. The highest BCUT2D eigenvalue weighted by molar-refractivity contribution is 5.92. The number of likely N-dealkylation sites (N-methyl/N-ethyl adjacent to an activating group) is 1. The minimum absolute atomic E-state index is 0.0149. The number of aromatic amines is 1. The number of nitrogens with zero attached hydrogens (tertiary/aromatic N) is 3. The van der Waals surface area contributed by atoms with Crippen molar-refractivity contribution in [3.63, 3.8) is 0 Å². The molecule has 1 heterocycles. The van der Waals surface area contributed by atoms with E-state index in [1.54, 1.807) is 0 Å². The van der Waals surface area contributed by atoms with Gasteiger partial charge in [-0.25, -0.2) is 0 Å². The molecule has 8 heteroatoms. The Morgan fingerprint density at radius 3 is 2.73 bits per heavy atom. The van der Waals surface area contributed by atoms with Crippen LogP contribution in [0.25, 0.3) is 0 Å². The fraction of sp³-hybridized carbons (Fsp3) is 0.429. The van der Waals surface area contributed by atoms with Crippen LogP contribution in [-0.4, -0.2) is 52.7 Å². The summed E-state index contributed by atoms with van der Waals surface area (Å²) in [5.41, 5.74) is 5.23. The summed E-state index contributed by atoms with van der Waals surface area (Å²) in [5.74, 6) is -1.04. The van der Waals surface area contributed by atoms with Crippen LogP contribution in [0.2, 0.25) is 0 Å². The molecule has 0 unspecified atom stereocenters. The second-order valence-electron chi connectivity index (χ2n) is 2.78. The first-order chi connectivity index (χ1) is 7.04. The van der Waals surface area contributed by atoms with Crippen molar-refractivity contribution in [2.24, 2.45) is 0 Å². The quantitative estimate of drug-likeness (QED) is 0.599. The van der Waals surface area contributed by atoms with E-state index in [0.29, 0.717) is 0 Å². The molecule has 0 aliphatic carbocycles. The average Bonchev–Trinajstić information content (AvgIpc) is 2.63. The number of H-pyrrole nitrogens is 1. The number of nitrogens with one attached hydrogen (secondary N) is 1. The Balaban J connectivity index is 2.64. The molecular formula is C7H11N5O3. The molecule has 0 radical (unpaired) electrons. The van der Waals surface area contributed by atoms with Crippen LogP contribution in [0.4, 0.5) is 5.95 Å². The zero-order valence-electron chi connectivity index (χ0n) is 8.35. The first-order valence-corrected chi connectivity index (χ1v) is 4.04. The predicted molar refractivity (Wildman–Crippen MR) is 49.8 cm³/mol. The van der Waals surface area contributed by atoms with E-state index < -0.39 is 11.9 Å². The van der Waals surface area contributed by atoms with Crippen LogP contribution < -0.4 is 5.73 Å². The lowest BCUT2D eigenvalue weighted by Gasteiger charge is -2.13. The maximum atomic E-state index is 11.5. The lowest BCUT2D eigenvalue weighted by molar-refractivity contribution is -0.141. The Morgan fingerprint density at radius 2 is 2.27 bits per heavy atom. The Hall–Kier alpha value is -2.12. The monoisotopic (exact) mass is 213 g/mol. The third-order valence-electron chi connectivity index (χ3n) is 1.65. The van der Waals surface area contributed by atoms with E-state index >= 15 is 0 Å². The number of rotatable bonds is 3. The molecule has 1 aromatic rings. The van der Waals surface area contributed by atoms with E-state index in [1.165, 1.54) is 14.2 Å². The van der Waals surface area contributed by atoms with Gasteiger partial charge in [0.2, 0.25) is 11.8 Å². The number of esters is 1. The summed E-state index contributed by atoms with van der Waals surface area (Å²) in [4.78, 5) is 27.2. The summed E-state index contributed by atoms with van der Waals surface area (Å²) in [6, 6.07) is 0. The number of hydrogen-bond acceptors (Lipinski definition) is 6. The van der Waals surface area contributed by atoms with Gasteiger partial charge in [0.1, 0.15) is 6.54 Å². The molecule has 0 aliphatic rings. The van der Waals surface area contributed by atoms with E-state index in [9.17, 15) is 9.59 Å². The lowest BCUT2D eigenvalue weighted by atomic mass is 10.4. The minimum atomic E-state index is -0.515. The molecule has 8 nitrogen and oxygen atoms in total. The number of ether oxygens (including phenoxy) is 1. The van der Waals surface area contributed by atoms with Crippen LogP contribution in [0.3, 0.4) is 0 Å². The van der Waals surface area contributed by atoms with Crippen molar-refractivity contribution in [2.45, 2.75) is 0 Å². The Morgan fingerprint density at radius 1 is 1.60 bits per heavy atom. The van der Waals surface area contributed by atoms with Crippen LogP contribution in [0.1, 0.15) is 10.6 Å². The van der Waals surface area contributed by atoms with Gasteiger partial charge in [0.05, 0.1) is 7.11 Å². The normalized spacial score (nSPS) is 9.73. The fourth-order valence-electron chi connectivity index (χ4n) is 0.881. The highest BCUT2D eigenvalue weighted by Crippen LogP contribution is 1.98. The fourth-order valence-corrected chi connectivity index (χ4v) is 0.881. The zero-order valence-corrected chi connectivity index (χ0v) is 8.35. The molecule has 0 aromatic carbocycles. The molecule has 15 heavy (non-hydrogen) atoms. The van der Waals surface area contributed by atoms with Crippen molar-refractivity contribution in [2.75, 3.05) is 26.4 Å². The number of amides is 1. The van der Waals surface area contributed by atoms with Gasteiger partial charge in [0.25, 0.3) is 5.91 Å². The van der Waals surface area contributed by atoms with E-state index in [4.69, 9.17) is 5.73 Å². The van der Waals surface area contributed by atoms with Crippen LogP contribution in [-0.2, 0) is 9.53 Å². The second kappa shape index (κ2) is 4.40. The Labute approximate surface area is 85.4 Å². The van der Waals surface area contributed by atoms with Gasteiger partial charge in [-0.1, -0.05) is 0 Å². The van der Waals surface area contributed by atoms with Crippen molar-refractivity contribution in [1.82, 2.24) is 20.1 Å². The number of methoxy groups -OCH3 is 1. The topological polar surface area (TPSA) is 114 Å². The molecule has 0 atom stereocenters. The molecule has 0 spiro atoms. The molecule has 0 saturated carbocycles. The number of nitrogen functional groups attached to an aromatic ring is 1. The zero-order chi connectivity index (χ0) is 11.4. The molecule has 1 aromatic heterocycles. The molecule has 1 rings (SSSR count). The standard InChI is InChI=1S/C7H11N5O3/c1-12(3-4(13)15-2)6(14)5-9-7(8)11-10-5/h3H2,1-2H3,(H3,8,9,10,11). The van der Waals surface area contributed by atoms with E-state index in [2.05, 4.69) is 19.9 Å². The maximum Gasteiger partial charge on any atom is 0.325 e. The van der Waals surface area contributed by atoms with Gasteiger partial charge < -0.3 is 15.4 Å². The number of carbonyl (C=O) groups excluding carboxylic acids is 2. The molecule has 0 saturated heterocycles. The lowest BCUT2D eigenvalue weighted by Crippen LogP contribution is -2.33. The van der Waals surface area contributed by atoms with Gasteiger partial charge in [0.15, 0.2) is 0 Å². The first-order valence-electron chi connectivity index (χ1n) is 4.04. The molecular weight excluding hydrogens is 202 g/mol. The number of anilines is 1. The van der Waals surface area contributed by atoms with Gasteiger partial charge in [-0.2, -0.15) is 4.98 Å². The van der Waals surface area contributed by atoms with Gasteiger partial charge in [0, 0.05) is 7.05 Å². The van der Waals surface area contributed by atoms with E-state index in [-0.39, 0.29) is 18.3 Å². The van der Waals surface area contributed by atoms with Crippen molar-refractivity contribution >= 4 is 17.8 Å². The summed E-state index contributed by atoms with van der Waals surface area (Å²) in [6.45, 7) is -0.157. The number of hydrogen-bond donors (Lipinski definition) is 2. The third-order valence-corrected chi connectivity index (χ3v) is 1.65. The molecule has 0 fully saturated rings. The Kier molecular flexibility index (Phi) is 3.21. The molecule has 1 amide bonds. The Bertz CT molecular complexity index is 374. The highest BCUT2D eigenvalue weighted by atomic mass is 16.5. The van der Waals surface area contributed by atoms with Crippen LogP contribution >= 0.6 is 0 Å². The van der Waals surface area contributed by atoms with Crippen LogP contribution in [0, 0.1) is 0 Å². The van der Waals surface area contributed by atoms with Gasteiger partial charge in [-0.15, -0.1) is 5.10 Å². The number of aromatic nitrogens is 3. The second-order valence-corrected chi connectivity index (χ2v) is 2.78. The smallest absolute Gasteiger partial charge is 0.325 e. The first kappa shape index (κ1) is 11.0. The van der Waals surface area contributed by atoms with Crippen molar-refractivity contribution in [3.8, 4) is 0 Å². The summed E-state index contributed by atoms with van der Waals surface area (Å²) in [5, 5.41) is 5.85. The van der Waals surface area contributed by atoms with Crippen LogP contribution in [0.5, 0.6) is 0 Å². The molecule has 0 aliphatic heterocycles. The predicted octanol–water partition coefficient (Wildman–Crippen LogP) is -1.37. The molecule has 0 bridgehead atoms. The van der Waals surface area contributed by atoms with Gasteiger partial charge in [-0.3, -0.25) is 14.7 Å². The molecule has 3 N–H and O–H groups in total. The van der Waals surface area contributed by atoms with Crippen molar-refractivity contribution in [3.05, 3.63) is 5.82 Å². The summed E-state index contributed by atoms with van der Waals surface area (Å²) < 4.78 is 4.41. The minimum Gasteiger partial charge on any atom is -0.468 e. The SMILES string of the molecule is COC(=O)CN(C)C(=O)c1nc(N)n[nH]1. The summed E-state index contributed by atoms with van der Waals surface area (Å²) in [6.07, 6.45) is 0. The van der Waals surface area contributed by atoms with E-state index in [1.807, 2.05) is 0 Å². The van der Waals surface area contributed by atoms with E-state index in [0.717, 1.165) is 4.90 Å². The number of carbonyl (C=O) groups is 2. The third kappa shape index (κ3) is 2.66. The summed E-state index contributed by atoms with van der Waals surface area (Å²) >= 11 is 0. The van der Waals surface area contributed by atoms with Gasteiger partial charge in [-0.05, 0) is 0 Å². The van der Waals surface area contributed by atoms with Crippen molar-refractivity contribution < 1.29 is 14.3 Å². The number of nitrogens with two attached hydrogens (primary N) is 1.